The third kappa shape index (κ3) is 4.92. The predicted octanol–water partition coefficient (Wildman–Crippen LogP) is 3.09. The number of esters is 1. The minimum atomic E-state index is -0.465. The van der Waals surface area contributed by atoms with Gasteiger partial charge in [0.15, 0.2) is 0 Å². The molecule has 2 heterocycles. The summed E-state index contributed by atoms with van der Waals surface area (Å²) < 4.78 is 8.04. The lowest BCUT2D eigenvalue weighted by atomic mass is 10.1. The van der Waals surface area contributed by atoms with Crippen LogP contribution in [0.4, 0.5) is 11.4 Å². The van der Waals surface area contributed by atoms with Crippen LogP contribution in [0.15, 0.2) is 24.3 Å². The van der Waals surface area contributed by atoms with Gasteiger partial charge >= 0.3 is 11.7 Å². The molecule has 1 amide bonds. The normalized spacial score (nSPS) is 10.8. The summed E-state index contributed by atoms with van der Waals surface area (Å²) in [6.45, 7) is 7.35. The number of nitrogens with one attached hydrogen (secondary N) is 1. The van der Waals surface area contributed by atoms with E-state index in [2.05, 4.69) is 15.5 Å². The molecule has 2 aromatic heterocycles. The van der Waals surface area contributed by atoms with E-state index in [9.17, 15) is 19.7 Å². The van der Waals surface area contributed by atoms with Gasteiger partial charge in [-0.05, 0) is 39.3 Å². The average Bonchev–Trinajstić information content (AvgIpc) is 3.21. The highest BCUT2D eigenvalue weighted by molar-refractivity contribution is 5.92. The third-order valence-electron chi connectivity index (χ3n) is 5.47. The number of methoxy groups -OCH3 is 1. The highest BCUT2D eigenvalue weighted by atomic mass is 16.6. The first kappa shape index (κ1) is 23.6. The lowest BCUT2D eigenvalue weighted by Crippen LogP contribution is -2.17. The standard InChI is InChI=1S/C22H26N6O5/c1-13-20(23-19(29)10-11-26-16(4)21(28(31)32)14(2)25-26)15(3)27(24-13)12-17-8-6-7-9-18(17)22(30)33-5/h6-9H,10-12H2,1-5H3,(H,23,29). The van der Waals surface area contributed by atoms with Crippen LogP contribution < -0.4 is 5.32 Å². The van der Waals surface area contributed by atoms with Gasteiger partial charge in [0.25, 0.3) is 0 Å². The summed E-state index contributed by atoms with van der Waals surface area (Å²) in [4.78, 5) is 35.3. The Kier molecular flexibility index (Phi) is 6.90. The second-order valence-electron chi connectivity index (χ2n) is 7.65. The number of nitrogens with zero attached hydrogens (tertiary/aromatic N) is 5. The van der Waals surface area contributed by atoms with E-state index in [1.165, 1.54) is 11.8 Å². The lowest BCUT2D eigenvalue weighted by Gasteiger charge is -2.10. The van der Waals surface area contributed by atoms with Crippen molar-refractivity contribution in [2.24, 2.45) is 0 Å². The number of hydrogen-bond donors (Lipinski definition) is 1. The molecule has 11 nitrogen and oxygen atoms in total. The van der Waals surface area contributed by atoms with E-state index < -0.39 is 10.9 Å². The van der Waals surface area contributed by atoms with E-state index in [1.54, 1.807) is 37.6 Å². The first-order valence-electron chi connectivity index (χ1n) is 10.3. The summed E-state index contributed by atoms with van der Waals surface area (Å²) in [5.74, 6) is -0.684. The van der Waals surface area contributed by atoms with Crippen molar-refractivity contribution < 1.29 is 19.2 Å². The van der Waals surface area contributed by atoms with Gasteiger partial charge in [0, 0.05) is 6.42 Å². The molecular weight excluding hydrogens is 428 g/mol. The number of amides is 1. The zero-order valence-corrected chi connectivity index (χ0v) is 19.2. The van der Waals surface area contributed by atoms with Crippen molar-refractivity contribution in [3.05, 3.63) is 68.3 Å². The van der Waals surface area contributed by atoms with Crippen LogP contribution in [0.2, 0.25) is 0 Å². The monoisotopic (exact) mass is 454 g/mol. The predicted molar refractivity (Wildman–Crippen MR) is 120 cm³/mol. The lowest BCUT2D eigenvalue weighted by molar-refractivity contribution is -0.386. The van der Waals surface area contributed by atoms with Gasteiger partial charge in [0.1, 0.15) is 11.4 Å². The number of benzene rings is 1. The molecule has 1 N–H and O–H groups in total. The molecule has 0 atom stereocenters. The molecule has 33 heavy (non-hydrogen) atoms. The van der Waals surface area contributed by atoms with Crippen molar-refractivity contribution in [3.8, 4) is 0 Å². The molecule has 0 aliphatic rings. The second-order valence-corrected chi connectivity index (χ2v) is 7.65. The number of aryl methyl sites for hydroxylation is 3. The Hall–Kier alpha value is -4.02. The molecule has 0 spiro atoms. The van der Waals surface area contributed by atoms with Crippen molar-refractivity contribution in [2.45, 2.75) is 47.2 Å². The highest BCUT2D eigenvalue weighted by Gasteiger charge is 2.22. The van der Waals surface area contributed by atoms with E-state index in [-0.39, 0.29) is 24.6 Å². The number of nitro groups is 1. The summed E-state index contributed by atoms with van der Waals surface area (Å²) in [6.07, 6.45) is 0.0916. The fraction of sp³-hybridized carbons (Fsp3) is 0.364. The Bertz CT molecular complexity index is 1230. The molecule has 0 fully saturated rings. The minimum Gasteiger partial charge on any atom is -0.465 e. The maximum Gasteiger partial charge on any atom is 0.338 e. The van der Waals surface area contributed by atoms with Gasteiger partial charge in [-0.3, -0.25) is 24.3 Å². The van der Waals surface area contributed by atoms with E-state index >= 15 is 0 Å². The molecule has 0 saturated carbocycles. The zero-order valence-electron chi connectivity index (χ0n) is 19.2. The van der Waals surface area contributed by atoms with Crippen LogP contribution in [-0.2, 0) is 22.6 Å². The quantitative estimate of drug-likeness (QED) is 0.314. The summed E-state index contributed by atoms with van der Waals surface area (Å²) in [6, 6.07) is 7.12. The van der Waals surface area contributed by atoms with Crippen LogP contribution in [0, 0.1) is 37.8 Å². The smallest absolute Gasteiger partial charge is 0.338 e. The van der Waals surface area contributed by atoms with E-state index in [0.717, 1.165) is 11.3 Å². The summed E-state index contributed by atoms with van der Waals surface area (Å²) in [5.41, 5.74) is 3.87. The van der Waals surface area contributed by atoms with E-state index in [1.807, 2.05) is 19.1 Å². The van der Waals surface area contributed by atoms with Gasteiger partial charge in [0.2, 0.25) is 5.91 Å². The van der Waals surface area contributed by atoms with Crippen LogP contribution in [0.25, 0.3) is 0 Å². The van der Waals surface area contributed by atoms with Crippen molar-refractivity contribution >= 4 is 23.3 Å². The maximum atomic E-state index is 12.6. The van der Waals surface area contributed by atoms with Gasteiger partial charge < -0.3 is 10.1 Å². The maximum absolute atomic E-state index is 12.6. The van der Waals surface area contributed by atoms with Crippen LogP contribution in [0.1, 0.15) is 45.1 Å². The SMILES string of the molecule is COC(=O)c1ccccc1Cn1nc(C)c(NC(=O)CCn2nc(C)c([N+](=O)[O-])c2C)c1C. The zero-order chi connectivity index (χ0) is 24.3. The second kappa shape index (κ2) is 9.63. The van der Waals surface area contributed by atoms with Crippen molar-refractivity contribution in [1.82, 2.24) is 19.6 Å². The number of hydrogen-bond acceptors (Lipinski definition) is 7. The molecule has 0 aliphatic heterocycles. The molecule has 174 valence electrons. The van der Waals surface area contributed by atoms with Crippen molar-refractivity contribution in [3.63, 3.8) is 0 Å². The number of ether oxygens (including phenoxy) is 1. The van der Waals surface area contributed by atoms with Crippen molar-refractivity contribution in [1.29, 1.82) is 0 Å². The highest BCUT2D eigenvalue weighted by Crippen LogP contribution is 2.23. The Morgan fingerprint density at radius 1 is 1.06 bits per heavy atom. The molecule has 0 unspecified atom stereocenters. The Labute approximate surface area is 190 Å². The van der Waals surface area contributed by atoms with Crippen LogP contribution in [-0.4, -0.2) is 43.5 Å². The van der Waals surface area contributed by atoms with Gasteiger partial charge in [0.05, 0.1) is 47.8 Å². The molecule has 11 heteroatoms. The minimum absolute atomic E-state index is 0.0318. The molecule has 0 saturated heterocycles. The molecule has 1 aromatic carbocycles. The van der Waals surface area contributed by atoms with E-state index in [4.69, 9.17) is 4.74 Å². The number of anilines is 1. The van der Waals surface area contributed by atoms with Gasteiger partial charge in [-0.1, -0.05) is 18.2 Å². The molecule has 3 aromatic rings. The van der Waals surface area contributed by atoms with Gasteiger partial charge in [-0.25, -0.2) is 4.79 Å². The fourth-order valence-corrected chi connectivity index (χ4v) is 3.74. The van der Waals surface area contributed by atoms with Gasteiger partial charge in [-0.15, -0.1) is 0 Å². The number of carbonyl (C=O) groups excluding carboxylic acids is 2. The topological polar surface area (TPSA) is 134 Å². The van der Waals surface area contributed by atoms with Crippen LogP contribution in [0.5, 0.6) is 0 Å². The first-order chi connectivity index (χ1) is 15.6. The van der Waals surface area contributed by atoms with Crippen molar-refractivity contribution in [2.75, 3.05) is 12.4 Å². The molecule has 0 aliphatic carbocycles. The largest absolute Gasteiger partial charge is 0.465 e. The molecular formula is C22H26N6O5. The number of carbonyl (C=O) groups is 2. The molecule has 0 bridgehead atoms. The Morgan fingerprint density at radius 2 is 1.73 bits per heavy atom. The average molecular weight is 454 g/mol. The fourth-order valence-electron chi connectivity index (χ4n) is 3.74. The van der Waals surface area contributed by atoms with E-state index in [0.29, 0.717) is 34.9 Å². The van der Waals surface area contributed by atoms with Gasteiger partial charge in [-0.2, -0.15) is 10.2 Å². The first-order valence-corrected chi connectivity index (χ1v) is 10.3. The number of rotatable bonds is 8. The third-order valence-corrected chi connectivity index (χ3v) is 5.47. The summed E-state index contributed by atoms with van der Waals surface area (Å²) in [5, 5.41) is 22.7. The number of aromatic nitrogens is 4. The van der Waals surface area contributed by atoms with Crippen LogP contribution >= 0.6 is 0 Å². The molecule has 0 radical (unpaired) electrons. The summed E-state index contributed by atoms with van der Waals surface area (Å²) in [7, 11) is 1.33. The van der Waals surface area contributed by atoms with Crippen LogP contribution in [0.3, 0.4) is 0 Å². The summed E-state index contributed by atoms with van der Waals surface area (Å²) >= 11 is 0. The Balaban J connectivity index is 1.72. The molecule has 3 rings (SSSR count). The Morgan fingerprint density at radius 3 is 2.36 bits per heavy atom.